The Labute approximate surface area is 118 Å². The molecule has 1 aromatic carbocycles. The zero-order valence-corrected chi connectivity index (χ0v) is 11.1. The lowest BCUT2D eigenvalue weighted by atomic mass is 9.96. The van der Waals surface area contributed by atoms with Gasteiger partial charge in [-0.05, 0) is 17.2 Å². The smallest absolute Gasteiger partial charge is 0.231 e. The highest BCUT2D eigenvalue weighted by Crippen LogP contribution is 2.22. The minimum atomic E-state index is 0.0129. The van der Waals surface area contributed by atoms with Crippen molar-refractivity contribution < 1.29 is 4.79 Å². The van der Waals surface area contributed by atoms with Crippen LogP contribution in [0.5, 0.6) is 0 Å². The minimum absolute atomic E-state index is 0.0129. The van der Waals surface area contributed by atoms with Gasteiger partial charge in [-0.25, -0.2) is 0 Å². The van der Waals surface area contributed by atoms with Crippen LogP contribution in [0.1, 0.15) is 11.1 Å². The number of likely N-dealkylation sites (tertiary alicyclic amines) is 1. The van der Waals surface area contributed by atoms with Gasteiger partial charge in [-0.3, -0.25) is 9.78 Å². The average Bonchev–Trinajstić information content (AvgIpc) is 2.52. The number of carbonyl (C=O) groups excluding carboxylic acids is 1. The lowest BCUT2D eigenvalue weighted by molar-refractivity contribution is -0.145. The van der Waals surface area contributed by atoms with E-state index in [1.807, 2.05) is 59.5 Å². The number of carbonyl (C=O) groups is 1. The second-order valence-corrected chi connectivity index (χ2v) is 4.96. The molecule has 1 atom stereocenters. The molecule has 1 aliphatic heterocycles. The van der Waals surface area contributed by atoms with Crippen molar-refractivity contribution in [3.63, 3.8) is 0 Å². The van der Waals surface area contributed by atoms with E-state index in [4.69, 9.17) is 0 Å². The van der Waals surface area contributed by atoms with Gasteiger partial charge >= 0.3 is 0 Å². The van der Waals surface area contributed by atoms with E-state index in [-0.39, 0.29) is 11.8 Å². The number of hydrogen-bond donors (Lipinski definition) is 0. The molecule has 0 radical (unpaired) electrons. The van der Waals surface area contributed by atoms with Crippen LogP contribution < -0.4 is 0 Å². The van der Waals surface area contributed by atoms with Crippen molar-refractivity contribution >= 4 is 12.0 Å². The maximum absolute atomic E-state index is 12.0. The molecule has 0 N–H and O–H groups in total. The second-order valence-electron chi connectivity index (χ2n) is 4.96. The monoisotopic (exact) mass is 264 g/mol. The predicted molar refractivity (Wildman–Crippen MR) is 78.6 cm³/mol. The maximum Gasteiger partial charge on any atom is 0.231 e. The number of benzene rings is 1. The molecule has 3 nitrogen and oxygen atoms in total. The van der Waals surface area contributed by atoms with Crippen LogP contribution in [-0.4, -0.2) is 22.3 Å². The van der Waals surface area contributed by atoms with E-state index in [0.717, 1.165) is 12.1 Å². The fraction of sp³-hybridized carbons (Fsp3) is 0.176. The molecule has 1 amide bonds. The molecule has 0 aliphatic carbocycles. The summed E-state index contributed by atoms with van der Waals surface area (Å²) >= 11 is 0. The molecule has 1 unspecified atom stereocenters. The van der Waals surface area contributed by atoms with Crippen LogP contribution in [0.4, 0.5) is 0 Å². The van der Waals surface area contributed by atoms with Gasteiger partial charge in [0.15, 0.2) is 0 Å². The Kier molecular flexibility index (Phi) is 3.59. The van der Waals surface area contributed by atoms with Crippen LogP contribution in [0, 0.1) is 5.92 Å². The summed E-state index contributed by atoms with van der Waals surface area (Å²) in [5.41, 5.74) is 2.21. The quantitative estimate of drug-likeness (QED) is 0.796. The van der Waals surface area contributed by atoms with Crippen LogP contribution >= 0.6 is 0 Å². The van der Waals surface area contributed by atoms with Crippen molar-refractivity contribution in [1.82, 2.24) is 9.88 Å². The third-order valence-corrected chi connectivity index (χ3v) is 3.47. The Morgan fingerprint density at radius 3 is 2.75 bits per heavy atom. The van der Waals surface area contributed by atoms with Crippen LogP contribution in [0.15, 0.2) is 60.9 Å². The molecule has 1 aliphatic rings. The molecule has 0 saturated carbocycles. The molecule has 1 fully saturated rings. The molecular weight excluding hydrogens is 248 g/mol. The molecule has 3 heteroatoms. The maximum atomic E-state index is 12.0. The molecule has 1 aromatic heterocycles. The third kappa shape index (κ3) is 2.77. The van der Waals surface area contributed by atoms with Crippen LogP contribution in [-0.2, 0) is 11.3 Å². The lowest BCUT2D eigenvalue weighted by Gasteiger charge is -2.37. The summed E-state index contributed by atoms with van der Waals surface area (Å²) in [4.78, 5) is 18.0. The molecule has 2 heterocycles. The average molecular weight is 264 g/mol. The lowest BCUT2D eigenvalue weighted by Crippen LogP contribution is -2.50. The minimum Gasteiger partial charge on any atom is -0.337 e. The highest BCUT2D eigenvalue weighted by Gasteiger charge is 2.34. The first-order valence-corrected chi connectivity index (χ1v) is 6.74. The first-order chi connectivity index (χ1) is 9.83. The number of nitrogens with zero attached hydrogens (tertiary/aromatic N) is 2. The van der Waals surface area contributed by atoms with E-state index < -0.39 is 0 Å². The number of aromatic nitrogens is 1. The van der Waals surface area contributed by atoms with Gasteiger partial charge in [-0.1, -0.05) is 48.6 Å². The van der Waals surface area contributed by atoms with Crippen molar-refractivity contribution in [1.29, 1.82) is 0 Å². The topological polar surface area (TPSA) is 33.2 Å². The zero-order valence-electron chi connectivity index (χ0n) is 11.1. The van der Waals surface area contributed by atoms with Crippen LogP contribution in [0.2, 0.25) is 0 Å². The fourth-order valence-corrected chi connectivity index (χ4v) is 2.32. The van der Waals surface area contributed by atoms with Gasteiger partial charge in [-0.2, -0.15) is 0 Å². The Bertz CT molecular complexity index is 607. The molecule has 20 heavy (non-hydrogen) atoms. The van der Waals surface area contributed by atoms with Crippen LogP contribution in [0.3, 0.4) is 0 Å². The van der Waals surface area contributed by atoms with Gasteiger partial charge in [0.05, 0.1) is 5.92 Å². The number of amides is 1. The Balaban J connectivity index is 1.56. The second kappa shape index (κ2) is 5.70. The van der Waals surface area contributed by atoms with Crippen molar-refractivity contribution in [2.75, 3.05) is 6.54 Å². The van der Waals surface area contributed by atoms with Gasteiger partial charge in [0.2, 0.25) is 5.91 Å². The number of β-lactam (4-membered cyclic amide) rings is 1. The first-order valence-electron chi connectivity index (χ1n) is 6.74. The SMILES string of the molecule is O=C1C(/C=C\c2cccnc2)CN1Cc1ccccc1. The molecule has 0 spiro atoms. The summed E-state index contributed by atoms with van der Waals surface area (Å²) in [6.07, 6.45) is 7.48. The van der Waals surface area contributed by atoms with E-state index in [0.29, 0.717) is 6.54 Å². The van der Waals surface area contributed by atoms with E-state index in [9.17, 15) is 4.79 Å². The Morgan fingerprint density at radius 2 is 2.05 bits per heavy atom. The normalized spacial score (nSPS) is 18.3. The van der Waals surface area contributed by atoms with Crippen molar-refractivity contribution in [3.05, 3.63) is 72.1 Å². The van der Waals surface area contributed by atoms with E-state index in [1.54, 1.807) is 12.4 Å². The number of rotatable bonds is 4. The number of pyridine rings is 1. The van der Waals surface area contributed by atoms with Crippen LogP contribution in [0.25, 0.3) is 6.08 Å². The standard InChI is InChI=1S/C17H16N2O/c20-17-16(9-8-14-7-4-10-18-11-14)13-19(17)12-15-5-2-1-3-6-15/h1-11,16H,12-13H2/b9-8-. The molecule has 2 aromatic rings. The molecule has 0 bridgehead atoms. The van der Waals surface area contributed by atoms with Gasteiger partial charge in [0.1, 0.15) is 0 Å². The van der Waals surface area contributed by atoms with Crippen molar-refractivity contribution in [2.24, 2.45) is 5.92 Å². The predicted octanol–water partition coefficient (Wildman–Crippen LogP) is 2.75. The molecule has 100 valence electrons. The third-order valence-electron chi connectivity index (χ3n) is 3.47. The van der Waals surface area contributed by atoms with Gasteiger partial charge in [0, 0.05) is 25.5 Å². The van der Waals surface area contributed by atoms with E-state index in [2.05, 4.69) is 4.98 Å². The summed E-state index contributed by atoms with van der Waals surface area (Å²) in [6, 6.07) is 14.0. The van der Waals surface area contributed by atoms with Gasteiger partial charge < -0.3 is 4.90 Å². The fourth-order valence-electron chi connectivity index (χ4n) is 2.32. The van der Waals surface area contributed by atoms with Gasteiger partial charge in [0.25, 0.3) is 0 Å². The first kappa shape index (κ1) is 12.6. The Morgan fingerprint density at radius 1 is 1.20 bits per heavy atom. The van der Waals surface area contributed by atoms with E-state index >= 15 is 0 Å². The summed E-state index contributed by atoms with van der Waals surface area (Å²) in [5.74, 6) is 0.216. The number of hydrogen-bond acceptors (Lipinski definition) is 2. The highest BCUT2D eigenvalue weighted by molar-refractivity contribution is 5.87. The molecule has 1 saturated heterocycles. The van der Waals surface area contributed by atoms with E-state index in [1.165, 1.54) is 5.56 Å². The Hall–Kier alpha value is -2.42. The highest BCUT2D eigenvalue weighted by atomic mass is 16.2. The summed E-state index contributed by atoms with van der Waals surface area (Å²) < 4.78 is 0. The molecule has 3 rings (SSSR count). The molecular formula is C17H16N2O. The summed E-state index contributed by atoms with van der Waals surface area (Å²) in [6.45, 7) is 1.50. The van der Waals surface area contributed by atoms with Crippen molar-refractivity contribution in [3.8, 4) is 0 Å². The zero-order chi connectivity index (χ0) is 13.8. The summed E-state index contributed by atoms with van der Waals surface area (Å²) in [7, 11) is 0. The van der Waals surface area contributed by atoms with Crippen molar-refractivity contribution in [2.45, 2.75) is 6.54 Å². The largest absolute Gasteiger partial charge is 0.337 e. The summed E-state index contributed by atoms with van der Waals surface area (Å²) in [5, 5.41) is 0. The van der Waals surface area contributed by atoms with Gasteiger partial charge in [-0.15, -0.1) is 0 Å².